The van der Waals surface area contributed by atoms with Crippen molar-refractivity contribution in [2.45, 2.75) is 38.0 Å². The summed E-state index contributed by atoms with van der Waals surface area (Å²) in [5.74, 6) is 0. The fourth-order valence-corrected chi connectivity index (χ4v) is 4.08. The molecule has 1 aromatic carbocycles. The molecule has 1 saturated heterocycles. The molecular weight excluding hydrogens is 326 g/mol. The van der Waals surface area contributed by atoms with E-state index in [4.69, 9.17) is 0 Å². The van der Waals surface area contributed by atoms with Crippen LogP contribution < -0.4 is 0 Å². The van der Waals surface area contributed by atoms with Gasteiger partial charge in [-0.1, -0.05) is 36.2 Å². The predicted molar refractivity (Wildman–Crippen MR) is 80.5 cm³/mol. The van der Waals surface area contributed by atoms with Crippen LogP contribution in [0.25, 0.3) is 0 Å². The van der Waals surface area contributed by atoms with Gasteiger partial charge in [-0.05, 0) is 42.5 Å². The Hall–Kier alpha value is -0.390. The smallest absolute Gasteiger partial charge is 0.207 e. The lowest BCUT2D eigenvalue weighted by Gasteiger charge is -2.38. The third-order valence-corrected chi connectivity index (χ3v) is 6.68. The van der Waals surface area contributed by atoms with E-state index in [0.29, 0.717) is 23.4 Å². The lowest BCUT2D eigenvalue weighted by Crippen LogP contribution is -2.41. The van der Waals surface area contributed by atoms with Crippen LogP contribution in [-0.4, -0.2) is 25.8 Å². The second-order valence-corrected chi connectivity index (χ2v) is 8.38. The van der Waals surface area contributed by atoms with E-state index in [1.807, 2.05) is 0 Å². The van der Waals surface area contributed by atoms with Gasteiger partial charge in [0.2, 0.25) is 10.0 Å². The molecule has 0 radical (unpaired) electrons. The minimum absolute atomic E-state index is 0.297. The highest BCUT2D eigenvalue weighted by molar-refractivity contribution is 9.10. The van der Waals surface area contributed by atoms with Crippen LogP contribution in [0.15, 0.2) is 33.6 Å². The zero-order valence-electron chi connectivity index (χ0n) is 11.4. The molecule has 2 rings (SSSR count). The minimum Gasteiger partial charge on any atom is -0.207 e. The molecule has 0 amide bonds. The lowest BCUT2D eigenvalue weighted by atomic mass is 9.79. The Morgan fingerprint density at radius 3 is 2.21 bits per heavy atom. The summed E-state index contributed by atoms with van der Waals surface area (Å²) in [6.45, 7) is 5.68. The summed E-state index contributed by atoms with van der Waals surface area (Å²) < 4.78 is 27.5. The molecular formula is C14H20BrNO2S. The van der Waals surface area contributed by atoms with Crippen LogP contribution in [0.4, 0.5) is 0 Å². The summed E-state index contributed by atoms with van der Waals surface area (Å²) in [6.07, 6.45) is 3.00. The molecule has 1 aliphatic rings. The second-order valence-electron chi connectivity index (χ2n) is 5.52. The fraction of sp³-hybridized carbons (Fsp3) is 0.571. The van der Waals surface area contributed by atoms with Gasteiger partial charge in [0.05, 0.1) is 4.90 Å². The van der Waals surface area contributed by atoms with E-state index < -0.39 is 10.0 Å². The van der Waals surface area contributed by atoms with Crippen LogP contribution in [0.1, 0.15) is 33.1 Å². The zero-order valence-corrected chi connectivity index (χ0v) is 13.8. The molecule has 106 valence electrons. The molecule has 0 bridgehead atoms. The van der Waals surface area contributed by atoms with Crippen molar-refractivity contribution in [3.63, 3.8) is 0 Å². The number of benzene rings is 1. The predicted octanol–water partition coefficient (Wildman–Crippen LogP) is 3.65. The van der Waals surface area contributed by atoms with E-state index in [0.717, 1.165) is 23.7 Å². The van der Waals surface area contributed by atoms with E-state index in [2.05, 4.69) is 29.8 Å². The number of hydrogen-bond acceptors (Lipinski definition) is 2. The van der Waals surface area contributed by atoms with Crippen molar-refractivity contribution in [1.82, 2.24) is 4.31 Å². The topological polar surface area (TPSA) is 37.4 Å². The first-order chi connectivity index (χ1) is 8.87. The van der Waals surface area contributed by atoms with Gasteiger partial charge in [-0.2, -0.15) is 4.31 Å². The number of nitrogens with zero attached hydrogens (tertiary/aromatic N) is 1. The summed E-state index contributed by atoms with van der Waals surface area (Å²) in [7, 11) is -3.32. The van der Waals surface area contributed by atoms with Gasteiger partial charge in [0.1, 0.15) is 0 Å². The van der Waals surface area contributed by atoms with Crippen LogP contribution in [0, 0.1) is 5.41 Å². The van der Waals surface area contributed by atoms with Gasteiger partial charge in [-0.25, -0.2) is 8.42 Å². The maximum atomic E-state index is 12.5. The molecule has 1 fully saturated rings. The van der Waals surface area contributed by atoms with E-state index >= 15 is 0 Å². The van der Waals surface area contributed by atoms with E-state index in [9.17, 15) is 8.42 Å². The molecule has 19 heavy (non-hydrogen) atoms. The Balaban J connectivity index is 2.16. The molecule has 3 nitrogen and oxygen atoms in total. The zero-order chi connectivity index (χ0) is 14.1. The van der Waals surface area contributed by atoms with Crippen LogP contribution >= 0.6 is 15.9 Å². The highest BCUT2D eigenvalue weighted by atomic mass is 79.9. The largest absolute Gasteiger partial charge is 0.243 e. The summed E-state index contributed by atoms with van der Waals surface area (Å²) in [5.41, 5.74) is 0.297. The van der Waals surface area contributed by atoms with Crippen molar-refractivity contribution >= 4 is 26.0 Å². The quantitative estimate of drug-likeness (QED) is 0.838. The van der Waals surface area contributed by atoms with E-state index in [1.165, 1.54) is 0 Å². The SMILES string of the molecule is CCC1(C)CCN(S(=O)(=O)c2ccc(Br)cc2)CC1. The number of sulfonamides is 1. The van der Waals surface area contributed by atoms with Gasteiger partial charge in [0.15, 0.2) is 0 Å². The molecule has 1 aliphatic heterocycles. The average Bonchev–Trinajstić information content (AvgIpc) is 2.40. The molecule has 1 heterocycles. The van der Waals surface area contributed by atoms with Crippen LogP contribution in [0.2, 0.25) is 0 Å². The lowest BCUT2D eigenvalue weighted by molar-refractivity contribution is 0.169. The molecule has 0 N–H and O–H groups in total. The van der Waals surface area contributed by atoms with Gasteiger partial charge in [-0.15, -0.1) is 0 Å². The van der Waals surface area contributed by atoms with Gasteiger partial charge < -0.3 is 0 Å². The molecule has 0 spiro atoms. The monoisotopic (exact) mass is 345 g/mol. The van der Waals surface area contributed by atoms with Crippen molar-refractivity contribution < 1.29 is 8.42 Å². The number of piperidine rings is 1. The van der Waals surface area contributed by atoms with Crippen molar-refractivity contribution in [3.8, 4) is 0 Å². The van der Waals surface area contributed by atoms with E-state index in [1.54, 1.807) is 28.6 Å². The van der Waals surface area contributed by atoms with E-state index in [-0.39, 0.29) is 0 Å². The third-order valence-electron chi connectivity index (χ3n) is 4.23. The first-order valence-electron chi connectivity index (χ1n) is 6.63. The van der Waals surface area contributed by atoms with Gasteiger partial charge in [0.25, 0.3) is 0 Å². The molecule has 0 saturated carbocycles. The van der Waals surface area contributed by atoms with Crippen LogP contribution in [0.3, 0.4) is 0 Å². The normalized spacial score (nSPS) is 20.4. The molecule has 5 heteroatoms. The fourth-order valence-electron chi connectivity index (χ4n) is 2.38. The van der Waals surface area contributed by atoms with Crippen LogP contribution in [0.5, 0.6) is 0 Å². The Morgan fingerprint density at radius 2 is 1.74 bits per heavy atom. The Morgan fingerprint density at radius 1 is 1.21 bits per heavy atom. The van der Waals surface area contributed by atoms with Gasteiger partial charge in [0, 0.05) is 17.6 Å². The standard InChI is InChI=1S/C14H20BrNO2S/c1-3-14(2)8-10-16(11-9-14)19(17,18)13-6-4-12(15)5-7-13/h4-7H,3,8-11H2,1-2H3. The number of hydrogen-bond donors (Lipinski definition) is 0. The van der Waals surface area contributed by atoms with Gasteiger partial charge in [-0.3, -0.25) is 0 Å². The van der Waals surface area contributed by atoms with Crippen molar-refractivity contribution in [2.24, 2.45) is 5.41 Å². The molecule has 0 aliphatic carbocycles. The maximum absolute atomic E-state index is 12.5. The first kappa shape index (κ1) is 15.0. The summed E-state index contributed by atoms with van der Waals surface area (Å²) in [4.78, 5) is 0.385. The van der Waals surface area contributed by atoms with Crippen molar-refractivity contribution in [3.05, 3.63) is 28.7 Å². The number of rotatable bonds is 3. The Bertz CT molecular complexity index is 531. The maximum Gasteiger partial charge on any atom is 0.243 e. The molecule has 0 unspecified atom stereocenters. The average molecular weight is 346 g/mol. The first-order valence-corrected chi connectivity index (χ1v) is 8.86. The second kappa shape index (κ2) is 5.54. The Kier molecular flexibility index (Phi) is 4.38. The Labute approximate surface area is 124 Å². The van der Waals surface area contributed by atoms with Crippen molar-refractivity contribution in [1.29, 1.82) is 0 Å². The highest BCUT2D eigenvalue weighted by Gasteiger charge is 2.34. The van der Waals surface area contributed by atoms with Crippen molar-refractivity contribution in [2.75, 3.05) is 13.1 Å². The molecule has 0 atom stereocenters. The number of halogens is 1. The summed E-state index contributed by atoms with van der Waals surface area (Å²) in [5, 5.41) is 0. The third kappa shape index (κ3) is 3.20. The minimum atomic E-state index is -3.32. The summed E-state index contributed by atoms with van der Waals surface area (Å²) >= 11 is 3.32. The molecule has 0 aromatic heterocycles. The van der Waals surface area contributed by atoms with Gasteiger partial charge >= 0.3 is 0 Å². The summed E-state index contributed by atoms with van der Waals surface area (Å²) in [6, 6.07) is 6.86. The van der Waals surface area contributed by atoms with Crippen LogP contribution in [-0.2, 0) is 10.0 Å². The highest BCUT2D eigenvalue weighted by Crippen LogP contribution is 2.35. The molecule has 1 aromatic rings.